The zero-order chi connectivity index (χ0) is 19.3. The van der Waals surface area contributed by atoms with Crippen LogP contribution in [0.4, 0.5) is 5.69 Å². The number of benzene rings is 2. The molecule has 27 heavy (non-hydrogen) atoms. The number of hydrogen-bond donors (Lipinski definition) is 0. The molecule has 1 aliphatic rings. The van der Waals surface area contributed by atoms with E-state index in [0.717, 1.165) is 28.1 Å². The van der Waals surface area contributed by atoms with Crippen molar-refractivity contribution in [3.05, 3.63) is 82.2 Å². The molecule has 0 fully saturated rings. The molecule has 1 aliphatic heterocycles. The lowest BCUT2D eigenvalue weighted by molar-refractivity contribution is -0.112. The van der Waals surface area contributed by atoms with Crippen molar-refractivity contribution in [2.24, 2.45) is 0 Å². The molecule has 2 aromatic carbocycles. The molecule has 0 bridgehead atoms. The second-order valence-corrected chi connectivity index (χ2v) is 7.32. The Bertz CT molecular complexity index is 1100. The van der Waals surface area contributed by atoms with Crippen molar-refractivity contribution in [2.45, 2.75) is 27.7 Å². The van der Waals surface area contributed by atoms with Gasteiger partial charge in [-0.3, -0.25) is 4.79 Å². The smallest absolute Gasteiger partial charge is 0.258 e. The lowest BCUT2D eigenvalue weighted by atomic mass is 10.0. The van der Waals surface area contributed by atoms with Gasteiger partial charge in [0.25, 0.3) is 5.91 Å². The van der Waals surface area contributed by atoms with Crippen LogP contribution in [0.3, 0.4) is 0 Å². The third-order valence-electron chi connectivity index (χ3n) is 5.68. The summed E-state index contributed by atoms with van der Waals surface area (Å²) >= 11 is 0. The Labute approximate surface area is 160 Å². The Balaban J connectivity index is 1.87. The molecule has 0 aliphatic carbocycles. The largest absolute Gasteiger partial charge is 0.318 e. The van der Waals surface area contributed by atoms with Crippen molar-refractivity contribution in [1.29, 1.82) is 0 Å². The zero-order valence-electron chi connectivity index (χ0n) is 16.5. The van der Waals surface area contributed by atoms with Crippen LogP contribution in [0.15, 0.2) is 48.5 Å². The highest BCUT2D eigenvalue weighted by molar-refractivity contribution is 6.35. The fourth-order valence-electron chi connectivity index (χ4n) is 3.98. The maximum absolute atomic E-state index is 12.8. The number of carbonyl (C=O) groups excluding carboxylic acids is 1. The summed E-state index contributed by atoms with van der Waals surface area (Å²) in [5.41, 5.74) is 9.88. The number of anilines is 1. The fourth-order valence-corrected chi connectivity index (χ4v) is 3.98. The molecule has 3 aromatic rings. The molecule has 3 nitrogen and oxygen atoms in total. The van der Waals surface area contributed by atoms with Crippen LogP contribution >= 0.6 is 0 Å². The third kappa shape index (κ3) is 2.62. The Hall–Kier alpha value is -3.07. The molecule has 1 amide bonds. The minimum atomic E-state index is 0.0488. The molecular formula is C24H24N2O. The highest BCUT2D eigenvalue weighted by atomic mass is 16.2. The molecule has 0 unspecified atom stereocenters. The first-order valence-electron chi connectivity index (χ1n) is 9.25. The summed E-state index contributed by atoms with van der Waals surface area (Å²) in [7, 11) is 1.83. The molecule has 0 spiro atoms. The highest BCUT2D eigenvalue weighted by Gasteiger charge is 2.29. The van der Waals surface area contributed by atoms with Gasteiger partial charge in [0.2, 0.25) is 0 Å². The van der Waals surface area contributed by atoms with Crippen LogP contribution < -0.4 is 4.90 Å². The molecule has 1 aromatic heterocycles. The van der Waals surface area contributed by atoms with E-state index in [0.29, 0.717) is 0 Å². The number of amides is 1. The molecule has 0 atom stereocenters. The van der Waals surface area contributed by atoms with Crippen molar-refractivity contribution < 1.29 is 4.79 Å². The molecule has 0 radical (unpaired) electrons. The van der Waals surface area contributed by atoms with Crippen LogP contribution in [-0.2, 0) is 4.79 Å². The minimum Gasteiger partial charge on any atom is -0.318 e. The van der Waals surface area contributed by atoms with E-state index in [9.17, 15) is 4.79 Å². The average Bonchev–Trinajstić information content (AvgIpc) is 3.06. The van der Waals surface area contributed by atoms with E-state index in [1.807, 2.05) is 37.4 Å². The van der Waals surface area contributed by atoms with Gasteiger partial charge in [-0.2, -0.15) is 0 Å². The Morgan fingerprint density at radius 3 is 2.37 bits per heavy atom. The van der Waals surface area contributed by atoms with Crippen LogP contribution in [0.25, 0.3) is 17.3 Å². The Morgan fingerprint density at radius 2 is 1.59 bits per heavy atom. The predicted molar refractivity (Wildman–Crippen MR) is 112 cm³/mol. The summed E-state index contributed by atoms with van der Waals surface area (Å²) in [6.45, 7) is 8.54. The van der Waals surface area contributed by atoms with Crippen molar-refractivity contribution in [3.63, 3.8) is 0 Å². The van der Waals surface area contributed by atoms with Gasteiger partial charge in [0.15, 0.2) is 0 Å². The van der Waals surface area contributed by atoms with E-state index in [4.69, 9.17) is 0 Å². The molecule has 0 saturated carbocycles. The standard InChI is InChI=1S/C24H24N2O/c1-15-9-8-12-22(17(15)3)26-16(2)13-19(18(26)4)14-21-20-10-6-7-11-23(20)25(5)24(21)27/h6-14H,1-5H3/b21-14+. The zero-order valence-corrected chi connectivity index (χ0v) is 16.5. The van der Waals surface area contributed by atoms with Crippen molar-refractivity contribution in [1.82, 2.24) is 4.57 Å². The fraction of sp³-hybridized carbons (Fsp3) is 0.208. The lowest BCUT2D eigenvalue weighted by Crippen LogP contribution is -2.20. The Morgan fingerprint density at radius 1 is 0.889 bits per heavy atom. The minimum absolute atomic E-state index is 0.0488. The van der Waals surface area contributed by atoms with E-state index in [-0.39, 0.29) is 5.91 Å². The first-order chi connectivity index (χ1) is 12.9. The van der Waals surface area contributed by atoms with Crippen LogP contribution in [0.1, 0.15) is 33.6 Å². The van der Waals surface area contributed by atoms with Gasteiger partial charge in [0.05, 0.1) is 5.69 Å². The van der Waals surface area contributed by atoms with Crippen LogP contribution in [-0.4, -0.2) is 17.5 Å². The summed E-state index contributed by atoms with van der Waals surface area (Å²) in [6.07, 6.45) is 2.04. The highest BCUT2D eigenvalue weighted by Crippen LogP contribution is 2.37. The van der Waals surface area contributed by atoms with Crippen LogP contribution in [0.5, 0.6) is 0 Å². The molecular weight excluding hydrogens is 332 g/mol. The van der Waals surface area contributed by atoms with Gasteiger partial charge in [-0.15, -0.1) is 0 Å². The molecule has 0 saturated heterocycles. The molecule has 4 rings (SSSR count). The maximum Gasteiger partial charge on any atom is 0.258 e. The number of aromatic nitrogens is 1. The van der Waals surface area contributed by atoms with E-state index >= 15 is 0 Å². The first-order valence-corrected chi connectivity index (χ1v) is 9.25. The van der Waals surface area contributed by atoms with Crippen LogP contribution in [0.2, 0.25) is 0 Å². The number of aryl methyl sites for hydroxylation is 2. The van der Waals surface area contributed by atoms with Gasteiger partial charge < -0.3 is 9.47 Å². The van der Waals surface area contributed by atoms with Crippen LogP contribution in [0, 0.1) is 27.7 Å². The van der Waals surface area contributed by atoms with E-state index in [1.54, 1.807) is 4.90 Å². The van der Waals surface area contributed by atoms with Gasteiger partial charge in [0, 0.05) is 35.3 Å². The van der Waals surface area contributed by atoms with Gasteiger partial charge in [-0.1, -0.05) is 30.3 Å². The SMILES string of the molecule is Cc1cccc(-n2c(C)cc(/C=C3/C(=O)N(C)c4ccccc43)c2C)c1C. The number of hydrogen-bond acceptors (Lipinski definition) is 1. The number of likely N-dealkylation sites (N-methyl/N-ethyl adjacent to an activating group) is 1. The predicted octanol–water partition coefficient (Wildman–Crippen LogP) is 5.23. The average molecular weight is 356 g/mol. The van der Waals surface area contributed by atoms with E-state index in [1.165, 1.54) is 22.5 Å². The van der Waals surface area contributed by atoms with E-state index < -0.39 is 0 Å². The second-order valence-electron chi connectivity index (χ2n) is 7.32. The summed E-state index contributed by atoms with van der Waals surface area (Å²) in [6, 6.07) is 16.5. The quantitative estimate of drug-likeness (QED) is 0.577. The summed E-state index contributed by atoms with van der Waals surface area (Å²) in [5, 5.41) is 0. The maximum atomic E-state index is 12.8. The number of fused-ring (bicyclic) bond motifs is 1. The van der Waals surface area contributed by atoms with E-state index in [2.05, 4.69) is 56.5 Å². The molecule has 2 heterocycles. The number of para-hydroxylation sites is 1. The Kier molecular flexibility index (Phi) is 4.03. The van der Waals surface area contributed by atoms with Gasteiger partial charge in [-0.25, -0.2) is 0 Å². The molecule has 136 valence electrons. The first kappa shape index (κ1) is 17.3. The molecule has 3 heteroatoms. The van der Waals surface area contributed by atoms with Crippen molar-refractivity contribution in [2.75, 3.05) is 11.9 Å². The summed E-state index contributed by atoms with van der Waals surface area (Å²) in [4.78, 5) is 14.5. The number of carbonyl (C=O) groups is 1. The van der Waals surface area contributed by atoms with Gasteiger partial charge >= 0.3 is 0 Å². The number of rotatable bonds is 2. The third-order valence-corrected chi connectivity index (χ3v) is 5.68. The summed E-state index contributed by atoms with van der Waals surface area (Å²) < 4.78 is 2.28. The monoisotopic (exact) mass is 356 g/mol. The normalized spacial score (nSPS) is 14.9. The topological polar surface area (TPSA) is 25.2 Å². The lowest BCUT2D eigenvalue weighted by Gasteiger charge is -2.14. The van der Waals surface area contributed by atoms with Crippen molar-refractivity contribution in [3.8, 4) is 5.69 Å². The van der Waals surface area contributed by atoms with Gasteiger partial charge in [-0.05, 0) is 68.7 Å². The molecule has 0 N–H and O–H groups in total. The number of nitrogens with zero attached hydrogens (tertiary/aromatic N) is 2. The second kappa shape index (κ2) is 6.27. The van der Waals surface area contributed by atoms with Crippen molar-refractivity contribution >= 4 is 23.2 Å². The van der Waals surface area contributed by atoms with Gasteiger partial charge in [0.1, 0.15) is 0 Å². The summed E-state index contributed by atoms with van der Waals surface area (Å²) in [5.74, 6) is 0.0488.